The van der Waals surface area contributed by atoms with E-state index in [4.69, 9.17) is 9.68 Å². The van der Waals surface area contributed by atoms with Crippen LogP contribution in [0.1, 0.15) is 30.2 Å². The maximum Gasteiger partial charge on any atom is 0.225 e. The summed E-state index contributed by atoms with van der Waals surface area (Å²) in [4.78, 5) is 14.4. The van der Waals surface area contributed by atoms with Crippen LogP contribution in [0.25, 0.3) is 11.0 Å². The molecule has 0 aliphatic heterocycles. The lowest BCUT2D eigenvalue weighted by atomic mass is 10.1. The lowest BCUT2D eigenvalue weighted by Gasteiger charge is -2.16. The minimum atomic E-state index is -0.0997. The number of carbonyl (C=O) groups excluding carboxylic acids is 1. The van der Waals surface area contributed by atoms with Gasteiger partial charge in [-0.05, 0) is 25.2 Å². The van der Waals surface area contributed by atoms with Gasteiger partial charge in [0.25, 0.3) is 0 Å². The largest absolute Gasteiger partial charge is 0.461 e. The van der Waals surface area contributed by atoms with E-state index < -0.39 is 0 Å². The smallest absolute Gasteiger partial charge is 0.225 e. The molecule has 1 N–H and O–H groups in total. The van der Waals surface area contributed by atoms with Gasteiger partial charge in [0.05, 0.1) is 11.3 Å². The predicted molar refractivity (Wildman–Crippen MR) is 106 cm³/mol. The average molecular weight is 361 g/mol. The van der Waals surface area contributed by atoms with E-state index in [1.807, 2.05) is 25.2 Å². The Bertz CT molecular complexity index is 985. The number of nitriles is 1. The molecule has 0 saturated carbocycles. The zero-order chi connectivity index (χ0) is 19.2. The molecule has 0 saturated heterocycles. The zero-order valence-electron chi connectivity index (χ0n) is 15.7. The van der Waals surface area contributed by atoms with E-state index in [0.717, 1.165) is 29.7 Å². The molecule has 3 rings (SSSR count). The molecule has 0 atom stereocenters. The molecular weight excluding hydrogens is 338 g/mol. The quantitative estimate of drug-likeness (QED) is 0.680. The lowest BCUT2D eigenvalue weighted by Crippen LogP contribution is -2.24. The van der Waals surface area contributed by atoms with Gasteiger partial charge in [0.2, 0.25) is 5.91 Å². The summed E-state index contributed by atoms with van der Waals surface area (Å²) >= 11 is 0. The molecule has 27 heavy (non-hydrogen) atoms. The van der Waals surface area contributed by atoms with Gasteiger partial charge in [-0.15, -0.1) is 0 Å². The normalized spacial score (nSPS) is 10.9. The van der Waals surface area contributed by atoms with E-state index in [2.05, 4.69) is 29.3 Å². The van der Waals surface area contributed by atoms with E-state index in [1.165, 1.54) is 5.56 Å². The van der Waals surface area contributed by atoms with Gasteiger partial charge in [0, 0.05) is 36.9 Å². The number of aryl methyl sites for hydroxylation is 1. The highest BCUT2D eigenvalue weighted by Gasteiger charge is 2.15. The molecular formula is C22H23N3O2. The van der Waals surface area contributed by atoms with Gasteiger partial charge in [0.1, 0.15) is 17.4 Å². The standard InChI is InChI=1S/C22H23N3O2/c1-3-20-18(17-9-5-7-11-21(17)27-20)15-25(2)13-12-22(26)24-19-10-6-4-8-16(19)14-23/h4-11H,3,12-13,15H2,1-2H3,(H,24,26). The second kappa shape index (κ2) is 8.52. The summed E-state index contributed by atoms with van der Waals surface area (Å²) < 4.78 is 5.94. The van der Waals surface area contributed by atoms with Gasteiger partial charge in [-0.1, -0.05) is 37.3 Å². The van der Waals surface area contributed by atoms with E-state index in [1.54, 1.807) is 24.3 Å². The molecule has 0 bridgehead atoms. The minimum Gasteiger partial charge on any atom is -0.461 e. The van der Waals surface area contributed by atoms with E-state index in [9.17, 15) is 4.79 Å². The number of anilines is 1. The molecule has 2 aromatic carbocycles. The van der Waals surface area contributed by atoms with Crippen molar-refractivity contribution in [1.29, 1.82) is 5.26 Å². The number of nitrogens with zero attached hydrogens (tertiary/aromatic N) is 2. The third-order valence-electron chi connectivity index (χ3n) is 4.57. The monoisotopic (exact) mass is 361 g/mol. The summed E-state index contributed by atoms with van der Waals surface area (Å²) in [5, 5.41) is 13.1. The van der Waals surface area contributed by atoms with Crippen molar-refractivity contribution in [2.45, 2.75) is 26.3 Å². The highest BCUT2D eigenvalue weighted by Crippen LogP contribution is 2.27. The van der Waals surface area contributed by atoms with Crippen molar-refractivity contribution in [3.8, 4) is 6.07 Å². The first-order valence-electron chi connectivity index (χ1n) is 9.09. The summed E-state index contributed by atoms with van der Waals surface area (Å²) in [6, 6.07) is 17.2. The van der Waals surface area contributed by atoms with Crippen LogP contribution in [0.3, 0.4) is 0 Å². The Hall–Kier alpha value is -3.10. The number of hydrogen-bond donors (Lipinski definition) is 1. The SMILES string of the molecule is CCc1oc2ccccc2c1CN(C)CCC(=O)Nc1ccccc1C#N. The summed E-state index contributed by atoms with van der Waals surface area (Å²) in [6.45, 7) is 3.42. The number of amides is 1. The number of hydrogen-bond acceptors (Lipinski definition) is 4. The molecule has 5 heteroatoms. The van der Waals surface area contributed by atoms with Crippen LogP contribution < -0.4 is 5.32 Å². The van der Waals surface area contributed by atoms with Crippen molar-refractivity contribution in [2.24, 2.45) is 0 Å². The van der Waals surface area contributed by atoms with Crippen molar-refractivity contribution in [2.75, 3.05) is 18.9 Å². The first-order chi connectivity index (χ1) is 13.1. The van der Waals surface area contributed by atoms with Gasteiger partial charge in [-0.2, -0.15) is 5.26 Å². The van der Waals surface area contributed by atoms with E-state index >= 15 is 0 Å². The molecule has 1 heterocycles. The number of fused-ring (bicyclic) bond motifs is 1. The topological polar surface area (TPSA) is 69.3 Å². The van der Waals surface area contributed by atoms with E-state index in [0.29, 0.717) is 24.2 Å². The first kappa shape index (κ1) is 18.7. The van der Waals surface area contributed by atoms with Crippen LogP contribution >= 0.6 is 0 Å². The highest BCUT2D eigenvalue weighted by molar-refractivity contribution is 5.92. The zero-order valence-corrected chi connectivity index (χ0v) is 15.7. The van der Waals surface area contributed by atoms with E-state index in [-0.39, 0.29) is 5.91 Å². The fourth-order valence-corrected chi connectivity index (χ4v) is 3.15. The summed E-state index contributed by atoms with van der Waals surface area (Å²) in [5.74, 6) is 0.896. The van der Waals surface area contributed by atoms with Crippen LogP contribution in [0, 0.1) is 11.3 Å². The third-order valence-corrected chi connectivity index (χ3v) is 4.57. The Labute approximate surface area is 159 Å². The number of para-hydroxylation sites is 2. The van der Waals surface area contributed by atoms with Gasteiger partial charge in [0.15, 0.2) is 0 Å². The second-order valence-corrected chi connectivity index (χ2v) is 6.55. The molecule has 0 spiro atoms. The van der Waals surface area contributed by atoms with Crippen molar-refractivity contribution in [1.82, 2.24) is 4.90 Å². The maximum absolute atomic E-state index is 12.3. The summed E-state index contributed by atoms with van der Waals surface area (Å²) in [7, 11) is 2.00. The fourth-order valence-electron chi connectivity index (χ4n) is 3.15. The van der Waals surface area contributed by atoms with Crippen molar-refractivity contribution in [3.05, 3.63) is 65.4 Å². The van der Waals surface area contributed by atoms with Crippen molar-refractivity contribution in [3.63, 3.8) is 0 Å². The Morgan fingerprint density at radius 2 is 1.93 bits per heavy atom. The molecule has 0 radical (unpaired) electrons. The molecule has 1 aromatic heterocycles. The minimum absolute atomic E-state index is 0.0997. The maximum atomic E-state index is 12.3. The molecule has 0 aliphatic rings. The van der Waals surface area contributed by atoms with Crippen molar-refractivity contribution >= 4 is 22.6 Å². The molecule has 1 amide bonds. The second-order valence-electron chi connectivity index (χ2n) is 6.55. The predicted octanol–water partition coefficient (Wildman–Crippen LogP) is 4.33. The number of carbonyl (C=O) groups is 1. The van der Waals surface area contributed by atoms with Crippen LogP contribution in [0.4, 0.5) is 5.69 Å². The Kier molecular flexibility index (Phi) is 5.90. The number of benzene rings is 2. The number of furan rings is 1. The van der Waals surface area contributed by atoms with Crippen LogP contribution in [0.5, 0.6) is 0 Å². The van der Waals surface area contributed by atoms with Crippen LogP contribution in [-0.4, -0.2) is 24.4 Å². The number of nitrogens with one attached hydrogen (secondary N) is 1. The van der Waals surface area contributed by atoms with Gasteiger partial charge in [-0.25, -0.2) is 0 Å². The lowest BCUT2D eigenvalue weighted by molar-refractivity contribution is -0.116. The summed E-state index contributed by atoms with van der Waals surface area (Å²) in [6.07, 6.45) is 1.19. The Morgan fingerprint density at radius 1 is 1.19 bits per heavy atom. The van der Waals surface area contributed by atoms with Gasteiger partial charge < -0.3 is 14.6 Å². The number of rotatable bonds is 7. The molecule has 0 unspecified atom stereocenters. The molecule has 0 fully saturated rings. The summed E-state index contributed by atoms with van der Waals surface area (Å²) in [5.41, 5.74) is 3.12. The van der Waals surface area contributed by atoms with Gasteiger partial charge >= 0.3 is 0 Å². The Morgan fingerprint density at radius 3 is 2.70 bits per heavy atom. The fraction of sp³-hybridized carbons (Fsp3) is 0.273. The Balaban J connectivity index is 1.61. The molecule has 5 nitrogen and oxygen atoms in total. The van der Waals surface area contributed by atoms with Gasteiger partial charge in [-0.3, -0.25) is 4.79 Å². The first-order valence-corrected chi connectivity index (χ1v) is 9.09. The average Bonchev–Trinajstić information content (AvgIpc) is 3.04. The third kappa shape index (κ3) is 4.36. The molecule has 3 aromatic rings. The van der Waals surface area contributed by atoms with Crippen LogP contribution in [-0.2, 0) is 17.8 Å². The van der Waals surface area contributed by atoms with Crippen LogP contribution in [0.15, 0.2) is 52.9 Å². The highest BCUT2D eigenvalue weighted by atomic mass is 16.3. The molecule has 138 valence electrons. The van der Waals surface area contributed by atoms with Crippen molar-refractivity contribution < 1.29 is 9.21 Å². The van der Waals surface area contributed by atoms with Crippen LogP contribution in [0.2, 0.25) is 0 Å². The molecule has 0 aliphatic carbocycles.